The molecule has 2 aromatic carbocycles. The third-order valence-corrected chi connectivity index (χ3v) is 5.86. The van der Waals surface area contributed by atoms with E-state index in [0.29, 0.717) is 40.2 Å². The highest BCUT2D eigenvalue weighted by molar-refractivity contribution is 5.85. The Morgan fingerprint density at radius 2 is 1.82 bits per heavy atom. The monoisotopic (exact) mass is 448 g/mol. The molecule has 33 heavy (non-hydrogen) atoms. The molecule has 0 bridgehead atoms. The van der Waals surface area contributed by atoms with Gasteiger partial charge in [-0.05, 0) is 48.7 Å². The molecule has 2 aromatic heterocycles. The summed E-state index contributed by atoms with van der Waals surface area (Å²) in [5.41, 5.74) is 2.95. The van der Waals surface area contributed by atoms with Gasteiger partial charge in [0.05, 0.1) is 29.4 Å². The summed E-state index contributed by atoms with van der Waals surface area (Å²) in [5, 5.41) is 0.472. The molecule has 0 aliphatic carbocycles. The van der Waals surface area contributed by atoms with Gasteiger partial charge in [-0.3, -0.25) is 9.78 Å². The van der Waals surface area contributed by atoms with Gasteiger partial charge in [0.2, 0.25) is 0 Å². The van der Waals surface area contributed by atoms with Gasteiger partial charge in [-0.15, -0.1) is 0 Å². The van der Waals surface area contributed by atoms with E-state index in [-0.39, 0.29) is 5.56 Å². The van der Waals surface area contributed by atoms with Crippen LogP contribution in [0.25, 0.3) is 22.2 Å². The lowest BCUT2D eigenvalue weighted by molar-refractivity contribution is 0.415. The second kappa shape index (κ2) is 8.61. The van der Waals surface area contributed by atoms with Crippen molar-refractivity contribution in [3.8, 4) is 17.0 Å². The van der Waals surface area contributed by atoms with Crippen LogP contribution in [0.5, 0.6) is 5.75 Å². The zero-order chi connectivity index (χ0) is 22.9. The number of rotatable bonds is 5. The summed E-state index contributed by atoms with van der Waals surface area (Å²) in [4.78, 5) is 26.8. The Balaban J connectivity index is 1.45. The fraction of sp³-hybridized carbons (Fsp3) is 0.240. The summed E-state index contributed by atoms with van der Waals surface area (Å²) >= 11 is 0. The van der Waals surface area contributed by atoms with Crippen molar-refractivity contribution in [1.29, 1.82) is 0 Å². The van der Waals surface area contributed by atoms with Gasteiger partial charge in [0.25, 0.3) is 5.56 Å². The molecule has 0 atom stereocenters. The first-order valence-electron chi connectivity index (χ1n) is 10.8. The highest BCUT2D eigenvalue weighted by Crippen LogP contribution is 2.33. The van der Waals surface area contributed by atoms with Gasteiger partial charge in [-0.2, -0.15) is 0 Å². The second-order valence-corrected chi connectivity index (χ2v) is 8.13. The standard InChI is InChI=1S/C25H22F2N4O2/c1-33-23-12-19-21(13-22(23)31-6-2-3-7-31)29-24(30-25(19)32)8-15-4-5-20(28-14-15)16-9-17(26)11-18(27)10-16/h4-5,9-14H,2-3,6-8H2,1H3,(H,29,30,32). The molecule has 1 N–H and O–H groups in total. The average molecular weight is 448 g/mol. The lowest BCUT2D eigenvalue weighted by Crippen LogP contribution is -2.19. The topological polar surface area (TPSA) is 71.1 Å². The van der Waals surface area contributed by atoms with E-state index < -0.39 is 11.6 Å². The number of benzene rings is 2. The molecule has 1 fully saturated rings. The molecule has 0 spiro atoms. The molecule has 1 aliphatic heterocycles. The molecule has 0 radical (unpaired) electrons. The predicted molar refractivity (Wildman–Crippen MR) is 123 cm³/mol. The van der Waals surface area contributed by atoms with Crippen LogP contribution >= 0.6 is 0 Å². The molecule has 5 rings (SSSR count). The van der Waals surface area contributed by atoms with E-state index in [1.54, 1.807) is 31.5 Å². The minimum atomic E-state index is -0.654. The number of anilines is 1. The van der Waals surface area contributed by atoms with Gasteiger partial charge in [-0.1, -0.05) is 6.07 Å². The van der Waals surface area contributed by atoms with Crippen LogP contribution in [0, 0.1) is 11.6 Å². The number of aromatic nitrogens is 3. The number of hydrogen-bond acceptors (Lipinski definition) is 5. The second-order valence-electron chi connectivity index (χ2n) is 8.13. The summed E-state index contributed by atoms with van der Waals surface area (Å²) < 4.78 is 32.5. The third-order valence-electron chi connectivity index (χ3n) is 5.86. The van der Waals surface area contributed by atoms with Gasteiger partial charge >= 0.3 is 0 Å². The average Bonchev–Trinajstić information content (AvgIpc) is 3.33. The first-order valence-corrected chi connectivity index (χ1v) is 10.8. The number of aromatic amines is 1. The first kappa shape index (κ1) is 21.1. The molecule has 0 unspecified atom stereocenters. The Morgan fingerprint density at radius 1 is 1.06 bits per heavy atom. The van der Waals surface area contributed by atoms with E-state index in [1.165, 1.54) is 12.1 Å². The molecule has 6 nitrogen and oxygen atoms in total. The minimum Gasteiger partial charge on any atom is -0.495 e. The van der Waals surface area contributed by atoms with Crippen molar-refractivity contribution in [3.05, 3.63) is 82.0 Å². The maximum absolute atomic E-state index is 13.5. The molecule has 1 aliphatic rings. The van der Waals surface area contributed by atoms with Gasteiger partial charge in [0.1, 0.15) is 23.2 Å². The maximum atomic E-state index is 13.5. The first-order chi connectivity index (χ1) is 16.0. The molecule has 0 amide bonds. The maximum Gasteiger partial charge on any atom is 0.258 e. The molecule has 168 valence electrons. The highest BCUT2D eigenvalue weighted by Gasteiger charge is 2.19. The Bertz CT molecular complexity index is 1360. The summed E-state index contributed by atoms with van der Waals surface area (Å²) in [6.07, 6.45) is 4.23. The Kier molecular flexibility index (Phi) is 5.50. The van der Waals surface area contributed by atoms with E-state index in [1.807, 2.05) is 6.07 Å². The van der Waals surface area contributed by atoms with Crippen LogP contribution in [0.3, 0.4) is 0 Å². The number of pyridine rings is 1. The number of nitrogens with one attached hydrogen (secondary N) is 1. The van der Waals surface area contributed by atoms with Crippen LogP contribution in [0.4, 0.5) is 14.5 Å². The Hall–Kier alpha value is -3.81. The summed E-state index contributed by atoms with van der Waals surface area (Å²) in [6.45, 7) is 1.90. The molecule has 3 heterocycles. The number of nitrogens with zero attached hydrogens (tertiary/aromatic N) is 3. The Labute approximate surface area is 188 Å². The number of methoxy groups -OCH3 is 1. The number of fused-ring (bicyclic) bond motifs is 1. The lowest BCUT2D eigenvalue weighted by Gasteiger charge is -2.21. The fourth-order valence-corrected chi connectivity index (χ4v) is 4.25. The zero-order valence-corrected chi connectivity index (χ0v) is 18.1. The van der Waals surface area contributed by atoms with Gasteiger partial charge in [-0.25, -0.2) is 13.8 Å². The molecular weight excluding hydrogens is 426 g/mol. The Morgan fingerprint density at radius 3 is 2.48 bits per heavy atom. The van der Waals surface area contributed by atoms with E-state index in [2.05, 4.69) is 19.9 Å². The van der Waals surface area contributed by atoms with Crippen LogP contribution in [-0.4, -0.2) is 35.2 Å². The largest absolute Gasteiger partial charge is 0.495 e. The van der Waals surface area contributed by atoms with E-state index in [4.69, 9.17) is 4.74 Å². The summed E-state index contributed by atoms with van der Waals surface area (Å²) in [5.74, 6) is -0.132. The SMILES string of the molecule is COc1cc2c(=O)[nH]c(Cc3ccc(-c4cc(F)cc(F)c4)nc3)nc2cc1N1CCCC1. The van der Waals surface area contributed by atoms with Crippen molar-refractivity contribution in [2.75, 3.05) is 25.1 Å². The lowest BCUT2D eigenvalue weighted by atomic mass is 10.1. The van der Waals surface area contributed by atoms with Gasteiger partial charge in [0.15, 0.2) is 0 Å². The molecule has 1 saturated heterocycles. The zero-order valence-electron chi connectivity index (χ0n) is 18.1. The fourth-order valence-electron chi connectivity index (χ4n) is 4.25. The van der Waals surface area contributed by atoms with Crippen LogP contribution in [0.15, 0.2) is 53.5 Å². The van der Waals surface area contributed by atoms with Gasteiger partial charge in [0, 0.05) is 37.3 Å². The van der Waals surface area contributed by atoms with Crippen molar-refractivity contribution in [3.63, 3.8) is 0 Å². The van der Waals surface area contributed by atoms with E-state index >= 15 is 0 Å². The highest BCUT2D eigenvalue weighted by atomic mass is 19.1. The number of ether oxygens (including phenoxy) is 1. The number of hydrogen-bond donors (Lipinski definition) is 1. The summed E-state index contributed by atoms with van der Waals surface area (Å²) in [6, 6.07) is 10.5. The van der Waals surface area contributed by atoms with Crippen molar-refractivity contribution < 1.29 is 13.5 Å². The van der Waals surface area contributed by atoms with Gasteiger partial charge < -0.3 is 14.6 Å². The van der Waals surface area contributed by atoms with Crippen LogP contribution < -0.4 is 15.2 Å². The van der Waals surface area contributed by atoms with Crippen molar-refractivity contribution in [1.82, 2.24) is 15.0 Å². The smallest absolute Gasteiger partial charge is 0.258 e. The molecule has 8 heteroatoms. The molecular formula is C25H22F2N4O2. The molecule has 4 aromatic rings. The predicted octanol–water partition coefficient (Wildman–Crippen LogP) is 4.46. The van der Waals surface area contributed by atoms with Crippen molar-refractivity contribution in [2.24, 2.45) is 0 Å². The van der Waals surface area contributed by atoms with Crippen molar-refractivity contribution >= 4 is 16.6 Å². The number of halogens is 2. The van der Waals surface area contributed by atoms with Crippen molar-refractivity contribution in [2.45, 2.75) is 19.3 Å². The minimum absolute atomic E-state index is 0.235. The molecule has 0 saturated carbocycles. The quantitative estimate of drug-likeness (QED) is 0.488. The normalized spacial score (nSPS) is 13.6. The summed E-state index contributed by atoms with van der Waals surface area (Å²) in [7, 11) is 1.60. The van der Waals surface area contributed by atoms with E-state index in [9.17, 15) is 13.6 Å². The third kappa shape index (κ3) is 4.28. The van der Waals surface area contributed by atoms with Crippen LogP contribution in [0.1, 0.15) is 24.2 Å². The number of H-pyrrole nitrogens is 1. The van der Waals surface area contributed by atoms with Crippen LogP contribution in [-0.2, 0) is 6.42 Å². The van der Waals surface area contributed by atoms with Crippen LogP contribution in [0.2, 0.25) is 0 Å². The van der Waals surface area contributed by atoms with E-state index in [0.717, 1.165) is 43.2 Å².